The monoisotopic (exact) mass is 247 g/mol. The van der Waals surface area contributed by atoms with Crippen molar-refractivity contribution in [2.24, 2.45) is 4.99 Å². The Kier molecular flexibility index (Phi) is 4.46. The molecule has 0 amide bonds. The highest BCUT2D eigenvalue weighted by Gasteiger charge is 2.01. The molecule has 0 saturated carbocycles. The van der Waals surface area contributed by atoms with Gasteiger partial charge in [-0.2, -0.15) is 0 Å². The van der Waals surface area contributed by atoms with E-state index in [0.29, 0.717) is 0 Å². The van der Waals surface area contributed by atoms with E-state index < -0.39 is 0 Å². The van der Waals surface area contributed by atoms with Gasteiger partial charge in [-0.1, -0.05) is 67.2 Å². The molecule has 2 aromatic rings. The summed E-state index contributed by atoms with van der Waals surface area (Å²) in [5, 5.41) is 0. The van der Waals surface area contributed by atoms with Gasteiger partial charge in [0.1, 0.15) is 0 Å². The molecule has 2 aromatic carbocycles. The molecule has 0 aromatic heterocycles. The van der Waals surface area contributed by atoms with Crippen LogP contribution in [0, 0.1) is 0 Å². The van der Waals surface area contributed by atoms with Gasteiger partial charge in [-0.3, -0.25) is 4.99 Å². The summed E-state index contributed by atoms with van der Waals surface area (Å²) in [7, 11) is 0. The third kappa shape index (κ3) is 3.52. The fraction of sp³-hybridized carbons (Fsp3) is 0.0556. The number of hydrogen-bond donors (Lipinski definition) is 0. The molecule has 0 heterocycles. The summed E-state index contributed by atoms with van der Waals surface area (Å²) >= 11 is 0. The maximum Gasteiger partial charge on any atom is 0.0704 e. The summed E-state index contributed by atoms with van der Waals surface area (Å²) < 4.78 is 0. The Morgan fingerprint density at radius 1 is 0.895 bits per heavy atom. The SMILES string of the molecule is C=CN=C(/C=C(\C)c1ccccc1)c1ccccc1. The topological polar surface area (TPSA) is 12.4 Å². The van der Waals surface area contributed by atoms with Crippen molar-refractivity contribution in [2.45, 2.75) is 6.92 Å². The minimum atomic E-state index is 0.928. The van der Waals surface area contributed by atoms with E-state index in [2.05, 4.69) is 48.8 Å². The Labute approximate surface area is 114 Å². The lowest BCUT2D eigenvalue weighted by Crippen LogP contribution is -1.97. The lowest BCUT2D eigenvalue weighted by Gasteiger charge is -2.04. The molecule has 0 fully saturated rings. The van der Waals surface area contributed by atoms with E-state index in [0.717, 1.165) is 11.3 Å². The van der Waals surface area contributed by atoms with Crippen LogP contribution in [0.15, 0.2) is 84.5 Å². The maximum atomic E-state index is 4.36. The Morgan fingerprint density at radius 2 is 1.42 bits per heavy atom. The molecule has 0 aliphatic heterocycles. The van der Waals surface area contributed by atoms with Crippen molar-refractivity contribution < 1.29 is 0 Å². The van der Waals surface area contributed by atoms with Crippen molar-refractivity contribution in [3.8, 4) is 0 Å². The van der Waals surface area contributed by atoms with E-state index in [1.165, 1.54) is 11.1 Å². The molecule has 0 aliphatic carbocycles. The van der Waals surface area contributed by atoms with Crippen molar-refractivity contribution in [1.82, 2.24) is 0 Å². The normalized spacial score (nSPS) is 12.3. The minimum absolute atomic E-state index is 0.928. The number of allylic oxidation sites excluding steroid dienone is 2. The van der Waals surface area contributed by atoms with Gasteiger partial charge in [0.25, 0.3) is 0 Å². The molecule has 0 saturated heterocycles. The molecule has 94 valence electrons. The Morgan fingerprint density at radius 3 is 1.95 bits per heavy atom. The van der Waals surface area contributed by atoms with Gasteiger partial charge in [0.2, 0.25) is 0 Å². The highest BCUT2D eigenvalue weighted by Crippen LogP contribution is 2.15. The number of nitrogens with zero attached hydrogens (tertiary/aromatic N) is 1. The van der Waals surface area contributed by atoms with E-state index in [-0.39, 0.29) is 0 Å². The van der Waals surface area contributed by atoms with E-state index in [4.69, 9.17) is 0 Å². The molecule has 0 spiro atoms. The Balaban J connectivity index is 2.37. The van der Waals surface area contributed by atoms with E-state index in [1.54, 1.807) is 6.20 Å². The van der Waals surface area contributed by atoms with E-state index in [1.807, 2.05) is 36.4 Å². The molecule has 19 heavy (non-hydrogen) atoms. The second kappa shape index (κ2) is 6.50. The van der Waals surface area contributed by atoms with Gasteiger partial charge in [-0.25, -0.2) is 0 Å². The first kappa shape index (κ1) is 13.0. The summed E-state index contributed by atoms with van der Waals surface area (Å²) in [6, 6.07) is 20.4. The first-order chi connectivity index (χ1) is 9.31. The second-order valence-corrected chi connectivity index (χ2v) is 4.26. The van der Waals surface area contributed by atoms with Crippen LogP contribution in [-0.2, 0) is 0 Å². The van der Waals surface area contributed by atoms with Crippen LogP contribution >= 0.6 is 0 Å². The lowest BCUT2D eigenvalue weighted by molar-refractivity contribution is 1.53. The predicted octanol–water partition coefficient (Wildman–Crippen LogP) is 4.72. The molecule has 0 aliphatic rings. The maximum absolute atomic E-state index is 4.36. The highest BCUT2D eigenvalue weighted by molar-refractivity contribution is 6.12. The standard InChI is InChI=1S/C18H17N/c1-3-19-18(17-12-8-5-9-13-17)14-15(2)16-10-6-4-7-11-16/h3-14H,1H2,2H3/b15-14+,19-18?. The van der Waals surface area contributed by atoms with Crippen molar-refractivity contribution in [3.05, 3.63) is 90.6 Å². The molecule has 0 bridgehead atoms. The van der Waals surface area contributed by atoms with Crippen LogP contribution < -0.4 is 0 Å². The average Bonchev–Trinajstić information content (AvgIpc) is 2.48. The third-order valence-electron chi connectivity index (χ3n) is 2.88. The quantitative estimate of drug-likeness (QED) is 0.693. The summed E-state index contributed by atoms with van der Waals surface area (Å²) in [4.78, 5) is 4.36. The number of benzene rings is 2. The van der Waals surface area contributed by atoms with E-state index >= 15 is 0 Å². The zero-order valence-electron chi connectivity index (χ0n) is 11.1. The van der Waals surface area contributed by atoms with Crippen molar-refractivity contribution >= 4 is 11.3 Å². The molecule has 0 atom stereocenters. The zero-order valence-corrected chi connectivity index (χ0v) is 11.1. The average molecular weight is 247 g/mol. The van der Waals surface area contributed by atoms with Crippen molar-refractivity contribution in [2.75, 3.05) is 0 Å². The Hall–Kier alpha value is -2.41. The van der Waals surface area contributed by atoms with Crippen molar-refractivity contribution in [3.63, 3.8) is 0 Å². The smallest absolute Gasteiger partial charge is 0.0704 e. The fourth-order valence-corrected chi connectivity index (χ4v) is 1.89. The molecule has 0 unspecified atom stereocenters. The number of rotatable bonds is 4. The summed E-state index contributed by atoms with van der Waals surface area (Å²) in [6.07, 6.45) is 3.67. The van der Waals surface area contributed by atoms with Crippen LogP contribution in [0.5, 0.6) is 0 Å². The van der Waals surface area contributed by atoms with Gasteiger partial charge in [-0.05, 0) is 24.1 Å². The lowest BCUT2D eigenvalue weighted by atomic mass is 10.0. The molecule has 1 nitrogen and oxygen atoms in total. The summed E-state index contributed by atoms with van der Waals surface area (Å²) in [6.45, 7) is 5.78. The highest BCUT2D eigenvalue weighted by atomic mass is 14.7. The van der Waals surface area contributed by atoms with Crippen LogP contribution in [0.2, 0.25) is 0 Å². The van der Waals surface area contributed by atoms with Gasteiger partial charge in [0, 0.05) is 11.8 Å². The van der Waals surface area contributed by atoms with Gasteiger partial charge in [0.15, 0.2) is 0 Å². The van der Waals surface area contributed by atoms with Crippen LogP contribution in [0.1, 0.15) is 18.1 Å². The third-order valence-corrected chi connectivity index (χ3v) is 2.88. The molecule has 2 rings (SSSR count). The van der Waals surface area contributed by atoms with Crippen LogP contribution in [0.4, 0.5) is 0 Å². The van der Waals surface area contributed by atoms with E-state index in [9.17, 15) is 0 Å². The zero-order chi connectivity index (χ0) is 13.5. The largest absolute Gasteiger partial charge is 0.257 e. The van der Waals surface area contributed by atoms with Gasteiger partial charge in [0.05, 0.1) is 5.71 Å². The first-order valence-electron chi connectivity index (χ1n) is 6.29. The number of aliphatic imine (C=N–C) groups is 1. The first-order valence-corrected chi connectivity index (χ1v) is 6.29. The van der Waals surface area contributed by atoms with Gasteiger partial charge >= 0.3 is 0 Å². The van der Waals surface area contributed by atoms with Gasteiger partial charge < -0.3 is 0 Å². The molecule has 0 radical (unpaired) electrons. The van der Waals surface area contributed by atoms with Crippen LogP contribution in [0.25, 0.3) is 5.57 Å². The minimum Gasteiger partial charge on any atom is -0.257 e. The molecule has 1 heteroatoms. The molecular weight excluding hydrogens is 230 g/mol. The Bertz CT molecular complexity index is 592. The van der Waals surface area contributed by atoms with Gasteiger partial charge in [-0.15, -0.1) is 0 Å². The predicted molar refractivity (Wildman–Crippen MR) is 83.3 cm³/mol. The molecular formula is C18H17N. The summed E-state index contributed by atoms with van der Waals surface area (Å²) in [5.41, 5.74) is 4.41. The molecule has 0 N–H and O–H groups in total. The summed E-state index contributed by atoms with van der Waals surface area (Å²) in [5.74, 6) is 0. The number of hydrogen-bond acceptors (Lipinski definition) is 1. The van der Waals surface area contributed by atoms with Crippen LogP contribution in [0.3, 0.4) is 0 Å². The van der Waals surface area contributed by atoms with Crippen LogP contribution in [-0.4, -0.2) is 5.71 Å². The van der Waals surface area contributed by atoms with Crippen molar-refractivity contribution in [1.29, 1.82) is 0 Å². The second-order valence-electron chi connectivity index (χ2n) is 4.26. The fourth-order valence-electron chi connectivity index (χ4n) is 1.89.